The van der Waals surface area contributed by atoms with Gasteiger partial charge in [0.05, 0.1) is 18.4 Å². The number of nitrogens with one attached hydrogen (secondary N) is 1. The number of nitrogens with zero attached hydrogens (tertiary/aromatic N) is 3. The number of amides is 2. The van der Waals surface area contributed by atoms with Crippen molar-refractivity contribution in [1.29, 1.82) is 0 Å². The summed E-state index contributed by atoms with van der Waals surface area (Å²) in [4.78, 5) is 30.6. The van der Waals surface area contributed by atoms with Gasteiger partial charge in [-0.1, -0.05) is 19.1 Å². The highest BCUT2D eigenvalue weighted by molar-refractivity contribution is 7.10. The molecule has 0 radical (unpaired) electrons. The second kappa shape index (κ2) is 8.62. The van der Waals surface area contributed by atoms with Gasteiger partial charge in [0, 0.05) is 30.6 Å². The fourth-order valence-corrected chi connectivity index (χ4v) is 3.21. The zero-order chi connectivity index (χ0) is 20.1. The van der Waals surface area contributed by atoms with E-state index in [-0.39, 0.29) is 11.8 Å². The molecule has 3 aromatic rings. The molecular formula is C20H20N4O3S. The molecule has 7 nitrogen and oxygen atoms in total. The molecule has 2 aromatic carbocycles. The minimum absolute atomic E-state index is 0.0713. The highest BCUT2D eigenvalue weighted by Crippen LogP contribution is 2.25. The first-order valence-electron chi connectivity index (χ1n) is 8.68. The van der Waals surface area contributed by atoms with Crippen LogP contribution in [0.2, 0.25) is 0 Å². The van der Waals surface area contributed by atoms with E-state index >= 15 is 0 Å². The molecule has 3 rings (SSSR count). The van der Waals surface area contributed by atoms with Gasteiger partial charge in [0.1, 0.15) is 5.75 Å². The third-order valence-electron chi connectivity index (χ3n) is 4.18. The van der Waals surface area contributed by atoms with Crippen LogP contribution in [-0.4, -0.2) is 35.3 Å². The van der Waals surface area contributed by atoms with E-state index in [0.29, 0.717) is 28.6 Å². The Bertz CT molecular complexity index is 985. The molecule has 0 bridgehead atoms. The van der Waals surface area contributed by atoms with Crippen LogP contribution in [0.5, 0.6) is 5.75 Å². The Morgan fingerprint density at radius 1 is 1.14 bits per heavy atom. The van der Waals surface area contributed by atoms with Crippen molar-refractivity contribution in [3.8, 4) is 17.1 Å². The Hall–Kier alpha value is -3.26. The smallest absolute Gasteiger partial charge is 0.259 e. The first-order valence-corrected chi connectivity index (χ1v) is 9.46. The number of carbonyl (C=O) groups is 2. The van der Waals surface area contributed by atoms with Crippen molar-refractivity contribution in [2.45, 2.75) is 13.3 Å². The average molecular weight is 396 g/mol. The molecule has 0 fully saturated rings. The van der Waals surface area contributed by atoms with Crippen LogP contribution in [0.1, 0.15) is 23.7 Å². The quantitative estimate of drug-likeness (QED) is 0.684. The minimum atomic E-state index is -0.344. The summed E-state index contributed by atoms with van der Waals surface area (Å²) in [6, 6.07) is 14.3. The number of anilines is 2. The Kier molecular flexibility index (Phi) is 6.00. The number of aromatic nitrogens is 2. The van der Waals surface area contributed by atoms with E-state index in [1.54, 1.807) is 45.3 Å². The molecule has 0 unspecified atom stereocenters. The van der Waals surface area contributed by atoms with Crippen LogP contribution in [-0.2, 0) is 4.79 Å². The monoisotopic (exact) mass is 396 g/mol. The average Bonchev–Trinajstić information content (AvgIpc) is 3.21. The maximum atomic E-state index is 12.8. The molecule has 1 N–H and O–H groups in total. The summed E-state index contributed by atoms with van der Waals surface area (Å²) in [7, 11) is 3.26. The van der Waals surface area contributed by atoms with Crippen LogP contribution in [0.3, 0.4) is 0 Å². The van der Waals surface area contributed by atoms with Crippen LogP contribution in [0.15, 0.2) is 48.5 Å². The standard InChI is InChI=1S/C20H20N4O3S/c1-4-17(25)24(2)16-8-6-5-7-15(16)19(26)22-20-21-18(23-28-20)13-9-11-14(27-3)12-10-13/h5-12H,4H2,1-3H3,(H,21,22,23,26). The number of rotatable bonds is 6. The summed E-state index contributed by atoms with van der Waals surface area (Å²) in [5.74, 6) is 0.853. The van der Waals surface area contributed by atoms with Gasteiger partial charge in [0.15, 0.2) is 5.82 Å². The summed E-state index contributed by atoms with van der Waals surface area (Å²) in [5, 5.41) is 3.15. The number of carbonyl (C=O) groups excluding carboxylic acids is 2. The number of benzene rings is 2. The van der Waals surface area contributed by atoms with Crippen LogP contribution in [0.25, 0.3) is 11.4 Å². The summed E-state index contributed by atoms with van der Waals surface area (Å²) in [5.41, 5.74) is 1.77. The lowest BCUT2D eigenvalue weighted by molar-refractivity contribution is -0.118. The van der Waals surface area contributed by atoms with Crippen molar-refractivity contribution in [2.75, 3.05) is 24.4 Å². The Morgan fingerprint density at radius 2 is 1.86 bits per heavy atom. The van der Waals surface area contributed by atoms with Crippen LogP contribution in [0, 0.1) is 0 Å². The Balaban J connectivity index is 1.79. The Labute approximate surface area is 167 Å². The number of para-hydroxylation sites is 1. The minimum Gasteiger partial charge on any atom is -0.497 e. The normalized spacial score (nSPS) is 10.4. The lowest BCUT2D eigenvalue weighted by Gasteiger charge is -2.19. The zero-order valence-electron chi connectivity index (χ0n) is 15.8. The van der Waals surface area contributed by atoms with Gasteiger partial charge in [-0.15, -0.1) is 0 Å². The summed E-state index contributed by atoms with van der Waals surface area (Å²) < 4.78 is 9.44. The third-order valence-corrected chi connectivity index (χ3v) is 4.81. The largest absolute Gasteiger partial charge is 0.497 e. The molecule has 1 heterocycles. The first-order chi connectivity index (χ1) is 13.5. The molecule has 0 spiro atoms. The zero-order valence-corrected chi connectivity index (χ0v) is 16.6. The molecule has 1 aromatic heterocycles. The SMILES string of the molecule is CCC(=O)N(C)c1ccccc1C(=O)Nc1nc(-c2ccc(OC)cc2)ns1. The molecule has 144 valence electrons. The molecule has 0 saturated carbocycles. The molecule has 0 atom stereocenters. The van der Waals surface area contributed by atoms with E-state index in [0.717, 1.165) is 22.8 Å². The van der Waals surface area contributed by atoms with Crippen molar-refractivity contribution >= 4 is 34.2 Å². The molecule has 2 amide bonds. The van der Waals surface area contributed by atoms with Gasteiger partial charge in [-0.25, -0.2) is 0 Å². The van der Waals surface area contributed by atoms with Crippen LogP contribution in [0.4, 0.5) is 10.8 Å². The van der Waals surface area contributed by atoms with Gasteiger partial charge in [0.25, 0.3) is 5.91 Å². The molecule has 0 aliphatic carbocycles. The predicted octanol–water partition coefficient (Wildman–Crippen LogP) is 3.84. The van der Waals surface area contributed by atoms with Crippen LogP contribution >= 0.6 is 11.5 Å². The highest BCUT2D eigenvalue weighted by atomic mass is 32.1. The molecule has 0 saturated heterocycles. The topological polar surface area (TPSA) is 84.4 Å². The number of ether oxygens (including phenoxy) is 1. The van der Waals surface area contributed by atoms with Gasteiger partial charge in [-0.3, -0.25) is 14.9 Å². The van der Waals surface area contributed by atoms with Crippen molar-refractivity contribution in [3.63, 3.8) is 0 Å². The van der Waals surface area contributed by atoms with Crippen molar-refractivity contribution < 1.29 is 14.3 Å². The molecule has 0 aliphatic heterocycles. The van der Waals surface area contributed by atoms with Gasteiger partial charge in [0.2, 0.25) is 11.0 Å². The summed E-state index contributed by atoms with van der Waals surface area (Å²) >= 11 is 1.10. The molecular weight excluding hydrogens is 376 g/mol. The maximum Gasteiger partial charge on any atom is 0.259 e. The fourth-order valence-electron chi connectivity index (χ4n) is 2.63. The van der Waals surface area contributed by atoms with Gasteiger partial charge in [-0.05, 0) is 36.4 Å². The van der Waals surface area contributed by atoms with E-state index in [1.165, 1.54) is 4.90 Å². The van der Waals surface area contributed by atoms with Crippen molar-refractivity contribution in [1.82, 2.24) is 9.36 Å². The second-order valence-electron chi connectivity index (χ2n) is 5.93. The van der Waals surface area contributed by atoms with Crippen molar-refractivity contribution in [3.05, 3.63) is 54.1 Å². The third kappa shape index (κ3) is 4.17. The lowest BCUT2D eigenvalue weighted by Crippen LogP contribution is -2.27. The number of methoxy groups -OCH3 is 1. The van der Waals surface area contributed by atoms with E-state index < -0.39 is 0 Å². The summed E-state index contributed by atoms with van der Waals surface area (Å²) in [6.07, 6.45) is 0.355. The van der Waals surface area contributed by atoms with Crippen molar-refractivity contribution in [2.24, 2.45) is 0 Å². The first kappa shape index (κ1) is 19.5. The van der Waals surface area contributed by atoms with Gasteiger partial charge >= 0.3 is 0 Å². The van der Waals surface area contributed by atoms with E-state index in [2.05, 4.69) is 14.7 Å². The van der Waals surface area contributed by atoms with Gasteiger partial charge in [-0.2, -0.15) is 9.36 Å². The van der Waals surface area contributed by atoms with E-state index in [9.17, 15) is 9.59 Å². The molecule has 0 aliphatic rings. The maximum absolute atomic E-state index is 12.8. The molecule has 8 heteroatoms. The predicted molar refractivity (Wildman–Crippen MR) is 110 cm³/mol. The summed E-state index contributed by atoms with van der Waals surface area (Å²) in [6.45, 7) is 1.78. The Morgan fingerprint density at radius 3 is 2.54 bits per heavy atom. The van der Waals surface area contributed by atoms with Gasteiger partial charge < -0.3 is 9.64 Å². The number of hydrogen-bond donors (Lipinski definition) is 1. The lowest BCUT2D eigenvalue weighted by atomic mass is 10.1. The second-order valence-corrected chi connectivity index (χ2v) is 6.68. The van der Waals surface area contributed by atoms with Crippen LogP contribution < -0.4 is 15.0 Å². The van der Waals surface area contributed by atoms with E-state index in [1.807, 2.05) is 24.3 Å². The number of hydrogen-bond acceptors (Lipinski definition) is 6. The fraction of sp³-hybridized carbons (Fsp3) is 0.200. The van der Waals surface area contributed by atoms with E-state index in [4.69, 9.17) is 4.74 Å². The highest BCUT2D eigenvalue weighted by Gasteiger charge is 2.18. The molecule has 28 heavy (non-hydrogen) atoms.